The van der Waals surface area contributed by atoms with Gasteiger partial charge in [0.1, 0.15) is 6.54 Å². The van der Waals surface area contributed by atoms with Crippen LogP contribution in [0.15, 0.2) is 18.2 Å². The van der Waals surface area contributed by atoms with E-state index >= 15 is 0 Å². The first-order valence-corrected chi connectivity index (χ1v) is 6.92. The minimum Gasteiger partial charge on any atom is -0.315 e. The Morgan fingerprint density at radius 1 is 1.29 bits per heavy atom. The lowest BCUT2D eigenvalue weighted by molar-refractivity contribution is -0.140. The van der Waals surface area contributed by atoms with Crippen LogP contribution in [0.1, 0.15) is 13.8 Å². The van der Waals surface area contributed by atoms with Crippen molar-refractivity contribution in [2.24, 2.45) is 5.92 Å². The van der Waals surface area contributed by atoms with Crippen molar-refractivity contribution in [1.29, 1.82) is 0 Å². The molecule has 0 aliphatic heterocycles. The van der Waals surface area contributed by atoms with E-state index in [9.17, 15) is 18.0 Å². The standard InChI is InChI=1S/C13H15Cl2F3N2O/c1-8(2)6-20(7-13(16,17)18)12(21)19-9-3-4-10(14)11(15)5-9/h3-5,8H,6-7H2,1-2H3,(H,19,21). The second kappa shape index (κ2) is 7.22. The summed E-state index contributed by atoms with van der Waals surface area (Å²) in [6.45, 7) is 2.15. The maximum Gasteiger partial charge on any atom is 0.406 e. The Kier molecular flexibility index (Phi) is 6.16. The number of rotatable bonds is 4. The van der Waals surface area contributed by atoms with E-state index in [0.29, 0.717) is 9.92 Å². The van der Waals surface area contributed by atoms with Crippen molar-refractivity contribution in [3.63, 3.8) is 0 Å². The van der Waals surface area contributed by atoms with E-state index in [4.69, 9.17) is 23.2 Å². The van der Waals surface area contributed by atoms with E-state index in [2.05, 4.69) is 5.32 Å². The van der Waals surface area contributed by atoms with Crippen LogP contribution in [0.3, 0.4) is 0 Å². The molecule has 1 aromatic rings. The molecule has 0 spiro atoms. The van der Waals surface area contributed by atoms with Crippen LogP contribution in [0.4, 0.5) is 23.7 Å². The number of anilines is 1. The molecule has 0 radical (unpaired) electrons. The number of hydrogen-bond acceptors (Lipinski definition) is 1. The lowest BCUT2D eigenvalue weighted by Crippen LogP contribution is -2.43. The van der Waals surface area contributed by atoms with E-state index in [1.54, 1.807) is 13.8 Å². The van der Waals surface area contributed by atoms with Gasteiger partial charge in [0.2, 0.25) is 0 Å². The number of carbonyl (C=O) groups is 1. The number of halogens is 5. The summed E-state index contributed by atoms with van der Waals surface area (Å²) in [5, 5.41) is 2.89. The predicted molar refractivity (Wildman–Crippen MR) is 77.9 cm³/mol. The molecule has 0 aliphatic carbocycles. The number of nitrogens with zero attached hydrogens (tertiary/aromatic N) is 1. The highest BCUT2D eigenvalue weighted by Gasteiger charge is 2.33. The molecular weight excluding hydrogens is 328 g/mol. The van der Waals surface area contributed by atoms with E-state index in [1.807, 2.05) is 0 Å². The maximum absolute atomic E-state index is 12.5. The Balaban J connectivity index is 2.82. The van der Waals surface area contributed by atoms with Gasteiger partial charge in [0.15, 0.2) is 0 Å². The molecule has 8 heteroatoms. The number of nitrogens with one attached hydrogen (secondary N) is 1. The molecule has 0 saturated carbocycles. The average molecular weight is 343 g/mol. The summed E-state index contributed by atoms with van der Waals surface area (Å²) < 4.78 is 37.5. The van der Waals surface area contributed by atoms with Gasteiger partial charge in [-0.15, -0.1) is 0 Å². The van der Waals surface area contributed by atoms with Gasteiger partial charge in [-0.25, -0.2) is 4.79 Å². The largest absolute Gasteiger partial charge is 0.406 e. The SMILES string of the molecule is CC(C)CN(CC(F)(F)F)C(=O)Nc1ccc(Cl)c(Cl)c1. The first kappa shape index (κ1) is 17.9. The van der Waals surface area contributed by atoms with Crippen molar-refractivity contribution < 1.29 is 18.0 Å². The van der Waals surface area contributed by atoms with Crippen LogP contribution in [0.5, 0.6) is 0 Å². The van der Waals surface area contributed by atoms with Crippen molar-refractivity contribution >= 4 is 34.9 Å². The van der Waals surface area contributed by atoms with Crippen LogP contribution in [-0.4, -0.2) is 30.2 Å². The maximum atomic E-state index is 12.5. The fourth-order valence-corrected chi connectivity index (χ4v) is 1.95. The molecule has 0 bridgehead atoms. The van der Waals surface area contributed by atoms with Gasteiger partial charge in [0.05, 0.1) is 10.0 Å². The highest BCUT2D eigenvalue weighted by Crippen LogP contribution is 2.25. The fourth-order valence-electron chi connectivity index (χ4n) is 1.65. The minimum atomic E-state index is -4.45. The van der Waals surface area contributed by atoms with Crippen molar-refractivity contribution in [2.75, 3.05) is 18.4 Å². The number of benzene rings is 1. The van der Waals surface area contributed by atoms with Gasteiger partial charge in [-0.3, -0.25) is 0 Å². The molecule has 0 saturated heterocycles. The Bertz CT molecular complexity index is 507. The van der Waals surface area contributed by atoms with Crippen LogP contribution in [0.2, 0.25) is 10.0 Å². The van der Waals surface area contributed by atoms with Crippen LogP contribution in [0, 0.1) is 5.92 Å². The lowest BCUT2D eigenvalue weighted by Gasteiger charge is -2.26. The normalized spacial score (nSPS) is 11.6. The zero-order valence-corrected chi connectivity index (χ0v) is 13.0. The summed E-state index contributed by atoms with van der Waals surface area (Å²) in [5.74, 6) is -0.0908. The van der Waals surface area contributed by atoms with Gasteiger partial charge in [-0.1, -0.05) is 37.0 Å². The summed E-state index contributed by atoms with van der Waals surface area (Å²) >= 11 is 11.5. The van der Waals surface area contributed by atoms with E-state index in [0.717, 1.165) is 0 Å². The van der Waals surface area contributed by atoms with Crippen molar-refractivity contribution in [3.8, 4) is 0 Å². The second-order valence-electron chi connectivity index (χ2n) is 4.95. The van der Waals surface area contributed by atoms with Crippen LogP contribution >= 0.6 is 23.2 Å². The molecule has 0 fully saturated rings. The molecule has 1 N–H and O–H groups in total. The number of amides is 2. The van der Waals surface area contributed by atoms with Gasteiger partial charge in [0, 0.05) is 12.2 Å². The second-order valence-corrected chi connectivity index (χ2v) is 5.76. The van der Waals surface area contributed by atoms with Crippen molar-refractivity contribution in [1.82, 2.24) is 4.90 Å². The fraction of sp³-hybridized carbons (Fsp3) is 0.462. The Hall–Kier alpha value is -1.14. The number of carbonyl (C=O) groups excluding carboxylic acids is 1. The molecule has 2 amide bonds. The monoisotopic (exact) mass is 342 g/mol. The van der Waals surface area contributed by atoms with Crippen LogP contribution < -0.4 is 5.32 Å². The number of urea groups is 1. The van der Waals surface area contributed by atoms with Crippen molar-refractivity contribution in [3.05, 3.63) is 28.2 Å². The van der Waals surface area contributed by atoms with Gasteiger partial charge in [-0.05, 0) is 24.1 Å². The van der Waals surface area contributed by atoms with Crippen LogP contribution in [0.25, 0.3) is 0 Å². The van der Waals surface area contributed by atoms with E-state index in [1.165, 1.54) is 18.2 Å². The van der Waals surface area contributed by atoms with E-state index in [-0.39, 0.29) is 23.2 Å². The van der Waals surface area contributed by atoms with Gasteiger partial charge in [-0.2, -0.15) is 13.2 Å². The Labute approximate surface area is 131 Å². The molecule has 1 aromatic carbocycles. The highest BCUT2D eigenvalue weighted by atomic mass is 35.5. The Morgan fingerprint density at radius 2 is 1.90 bits per heavy atom. The zero-order chi connectivity index (χ0) is 16.2. The van der Waals surface area contributed by atoms with Gasteiger partial charge >= 0.3 is 12.2 Å². The summed E-state index contributed by atoms with van der Waals surface area (Å²) in [4.78, 5) is 12.7. The molecule has 0 atom stereocenters. The summed E-state index contributed by atoms with van der Waals surface area (Å²) in [7, 11) is 0. The first-order chi connectivity index (χ1) is 9.58. The van der Waals surface area contributed by atoms with Crippen molar-refractivity contribution in [2.45, 2.75) is 20.0 Å². The van der Waals surface area contributed by atoms with Crippen LogP contribution in [-0.2, 0) is 0 Å². The number of alkyl halides is 3. The minimum absolute atomic E-state index is 0.00728. The highest BCUT2D eigenvalue weighted by molar-refractivity contribution is 6.42. The quantitative estimate of drug-likeness (QED) is 0.816. The molecule has 3 nitrogen and oxygen atoms in total. The molecule has 0 heterocycles. The molecule has 118 valence electrons. The number of hydrogen-bond donors (Lipinski definition) is 1. The first-order valence-electron chi connectivity index (χ1n) is 6.16. The van der Waals surface area contributed by atoms with Gasteiger partial charge < -0.3 is 10.2 Å². The zero-order valence-electron chi connectivity index (χ0n) is 11.5. The molecular formula is C13H15Cl2F3N2O. The molecule has 0 unspecified atom stereocenters. The van der Waals surface area contributed by atoms with Gasteiger partial charge in [0.25, 0.3) is 0 Å². The summed E-state index contributed by atoms with van der Waals surface area (Å²) in [6.07, 6.45) is -4.45. The third-order valence-electron chi connectivity index (χ3n) is 2.41. The predicted octanol–water partition coefficient (Wildman–Crippen LogP) is 5.05. The molecule has 0 aromatic heterocycles. The lowest BCUT2D eigenvalue weighted by atomic mass is 10.2. The topological polar surface area (TPSA) is 32.3 Å². The average Bonchev–Trinajstić information content (AvgIpc) is 2.30. The third kappa shape index (κ3) is 6.44. The smallest absolute Gasteiger partial charge is 0.315 e. The summed E-state index contributed by atoms with van der Waals surface area (Å²) in [6, 6.07) is 3.46. The van der Waals surface area contributed by atoms with E-state index < -0.39 is 18.8 Å². The summed E-state index contributed by atoms with van der Waals surface area (Å²) in [5.41, 5.74) is 0.283. The third-order valence-corrected chi connectivity index (χ3v) is 3.15. The Morgan fingerprint density at radius 3 is 2.38 bits per heavy atom. The molecule has 1 rings (SSSR count). The molecule has 21 heavy (non-hydrogen) atoms. The molecule has 0 aliphatic rings.